The van der Waals surface area contributed by atoms with Crippen LogP contribution in [0.4, 0.5) is 11.4 Å². The third-order valence-corrected chi connectivity index (χ3v) is 9.10. The highest BCUT2D eigenvalue weighted by atomic mass is 79.9. The van der Waals surface area contributed by atoms with Gasteiger partial charge in [0.2, 0.25) is 11.8 Å². The number of aliphatic hydroxyl groups is 1. The summed E-state index contributed by atoms with van der Waals surface area (Å²) in [6, 6.07) is 15.2. The third-order valence-electron chi connectivity index (χ3n) is 8.26. The van der Waals surface area contributed by atoms with Gasteiger partial charge < -0.3 is 29.3 Å². The van der Waals surface area contributed by atoms with Gasteiger partial charge in [-0.2, -0.15) is 0 Å². The Labute approximate surface area is 248 Å². The number of rotatable bonds is 11. The van der Waals surface area contributed by atoms with E-state index in [2.05, 4.69) is 29.1 Å². The maximum absolute atomic E-state index is 14.5. The molecule has 2 bridgehead atoms. The van der Waals surface area contributed by atoms with Crippen LogP contribution in [0.25, 0.3) is 0 Å². The minimum atomic E-state index is -1.25. The molecule has 3 aliphatic rings. The van der Waals surface area contributed by atoms with Crippen LogP contribution in [-0.2, 0) is 19.1 Å². The van der Waals surface area contributed by atoms with Crippen LogP contribution in [0.5, 0.6) is 5.75 Å². The molecule has 216 valence electrons. The number of β-amino-alcohol motifs (C(OH)–C–C–N with tert-alkyl or cyclic N) is 1. The van der Waals surface area contributed by atoms with E-state index in [1.165, 1.54) is 4.90 Å². The van der Waals surface area contributed by atoms with Crippen molar-refractivity contribution in [3.8, 4) is 5.75 Å². The molecule has 2 aromatic carbocycles. The highest BCUT2D eigenvalue weighted by Gasteiger charge is 2.77. The molecule has 0 radical (unpaired) electrons. The number of carbonyl (C=O) groups is 3. The first-order valence-electron chi connectivity index (χ1n) is 13.6. The zero-order valence-electron chi connectivity index (χ0n) is 22.9. The highest BCUT2D eigenvalue weighted by Crippen LogP contribution is 2.60. The molecule has 41 heavy (non-hydrogen) atoms. The van der Waals surface area contributed by atoms with Crippen LogP contribution in [0.1, 0.15) is 6.42 Å². The number of ether oxygens (including phenoxy) is 2. The van der Waals surface area contributed by atoms with Gasteiger partial charge in [-0.1, -0.05) is 46.3 Å². The van der Waals surface area contributed by atoms with Crippen LogP contribution in [0.2, 0.25) is 0 Å². The van der Waals surface area contributed by atoms with Gasteiger partial charge in [0, 0.05) is 35.8 Å². The van der Waals surface area contributed by atoms with Gasteiger partial charge in [0.25, 0.3) is 5.91 Å². The first-order valence-corrected chi connectivity index (χ1v) is 14.5. The standard InChI is InChI=1S/C31H34BrN3O6/c1-4-15-33(20-9-7-6-8-10-20)28(37)24-25-29(38)35(17-18-36)27(31(25)19-23(32)26(24)41-31)30(39)34(16-5-2)21-11-13-22(40-3)14-12-21/h4-14,23-27,36H,1-2,15-19H2,3H3/t23?,24-,25-,26-,27?,31?/m0/s1. The largest absolute Gasteiger partial charge is 0.497 e. The molecular formula is C31H34BrN3O6. The lowest BCUT2D eigenvalue weighted by atomic mass is 9.70. The van der Waals surface area contributed by atoms with Crippen molar-refractivity contribution in [2.24, 2.45) is 11.8 Å². The van der Waals surface area contributed by atoms with Crippen molar-refractivity contribution in [1.29, 1.82) is 0 Å². The maximum Gasteiger partial charge on any atom is 0.253 e. The number of para-hydroxylation sites is 1. The Kier molecular flexibility index (Phi) is 8.35. The van der Waals surface area contributed by atoms with Crippen molar-refractivity contribution >= 4 is 45.0 Å². The number of alkyl halides is 1. The monoisotopic (exact) mass is 623 g/mol. The van der Waals surface area contributed by atoms with Gasteiger partial charge in [0.1, 0.15) is 17.4 Å². The quantitative estimate of drug-likeness (QED) is 0.305. The lowest BCUT2D eigenvalue weighted by Crippen LogP contribution is -2.57. The van der Waals surface area contributed by atoms with Crippen LogP contribution in [0.3, 0.4) is 0 Å². The molecular weight excluding hydrogens is 590 g/mol. The second-order valence-electron chi connectivity index (χ2n) is 10.4. The summed E-state index contributed by atoms with van der Waals surface area (Å²) in [5.74, 6) is -2.06. The summed E-state index contributed by atoms with van der Waals surface area (Å²) < 4.78 is 11.9. The summed E-state index contributed by atoms with van der Waals surface area (Å²) in [4.78, 5) is 47.1. The molecule has 0 aromatic heterocycles. The molecule has 0 saturated carbocycles. The summed E-state index contributed by atoms with van der Waals surface area (Å²) >= 11 is 3.71. The van der Waals surface area contributed by atoms with E-state index < -0.39 is 29.6 Å². The zero-order valence-corrected chi connectivity index (χ0v) is 24.5. The molecule has 10 heteroatoms. The Morgan fingerprint density at radius 1 is 1.07 bits per heavy atom. The first kappa shape index (κ1) is 29.0. The molecule has 3 unspecified atom stereocenters. The molecule has 1 N–H and O–H groups in total. The molecule has 0 aliphatic carbocycles. The summed E-state index contributed by atoms with van der Waals surface area (Å²) in [7, 11) is 1.56. The van der Waals surface area contributed by atoms with Crippen molar-refractivity contribution < 1.29 is 29.0 Å². The van der Waals surface area contributed by atoms with Gasteiger partial charge in [-0.25, -0.2) is 0 Å². The summed E-state index contributed by atoms with van der Waals surface area (Å²) in [6.45, 7) is 7.69. The number of methoxy groups -OCH3 is 1. The molecule has 3 fully saturated rings. The molecule has 3 amide bonds. The van der Waals surface area contributed by atoms with E-state index in [0.29, 0.717) is 23.5 Å². The zero-order chi connectivity index (χ0) is 29.3. The minimum Gasteiger partial charge on any atom is -0.497 e. The normalized spacial score (nSPS) is 27.8. The predicted molar refractivity (Wildman–Crippen MR) is 159 cm³/mol. The van der Waals surface area contributed by atoms with Crippen molar-refractivity contribution in [3.05, 3.63) is 79.9 Å². The van der Waals surface area contributed by atoms with Gasteiger partial charge in [-0.05, 0) is 42.8 Å². The van der Waals surface area contributed by atoms with Crippen LogP contribution >= 0.6 is 15.9 Å². The van der Waals surface area contributed by atoms with Gasteiger partial charge in [-0.3, -0.25) is 14.4 Å². The second kappa shape index (κ2) is 11.8. The van der Waals surface area contributed by atoms with E-state index in [1.54, 1.807) is 53.3 Å². The SMILES string of the molecule is C=CCN(C(=O)C1N(CCO)C(=O)[C@@H]2[C@H](C(=O)N(CC=C)c3ccccc3)[C@H]3OC12CC3Br)c1ccc(OC)cc1. The Morgan fingerprint density at radius 3 is 2.27 bits per heavy atom. The number of fused-ring (bicyclic) bond motifs is 1. The number of anilines is 2. The van der Waals surface area contributed by atoms with Crippen molar-refractivity contribution in [3.63, 3.8) is 0 Å². The van der Waals surface area contributed by atoms with Crippen molar-refractivity contribution in [2.45, 2.75) is 29.0 Å². The Morgan fingerprint density at radius 2 is 1.68 bits per heavy atom. The number of hydrogen-bond acceptors (Lipinski definition) is 6. The summed E-state index contributed by atoms with van der Waals surface area (Å²) in [6.07, 6.45) is 3.02. The fourth-order valence-electron chi connectivity index (χ4n) is 6.64. The van der Waals surface area contributed by atoms with Crippen LogP contribution in [-0.4, -0.2) is 83.7 Å². The van der Waals surface area contributed by atoms with Gasteiger partial charge in [0.05, 0.1) is 31.7 Å². The highest BCUT2D eigenvalue weighted by molar-refractivity contribution is 9.09. The topological polar surface area (TPSA) is 99.6 Å². The van der Waals surface area contributed by atoms with E-state index in [4.69, 9.17) is 9.47 Å². The maximum atomic E-state index is 14.5. The molecule has 9 nitrogen and oxygen atoms in total. The van der Waals surface area contributed by atoms with E-state index >= 15 is 0 Å². The first-order chi connectivity index (χ1) is 19.8. The number of carbonyl (C=O) groups excluding carboxylic acids is 3. The number of aliphatic hydroxyl groups excluding tert-OH is 1. The summed E-state index contributed by atoms with van der Waals surface area (Å²) in [5.41, 5.74) is 0.0383. The van der Waals surface area contributed by atoms with Crippen molar-refractivity contribution in [1.82, 2.24) is 4.90 Å². The lowest BCUT2D eigenvalue weighted by Gasteiger charge is -2.37. The second-order valence-corrected chi connectivity index (χ2v) is 11.6. The van der Waals surface area contributed by atoms with Crippen LogP contribution in [0.15, 0.2) is 79.9 Å². The number of halogens is 1. The Bertz CT molecular complexity index is 1320. The van der Waals surface area contributed by atoms with E-state index in [9.17, 15) is 19.5 Å². The third kappa shape index (κ3) is 4.77. The molecule has 5 rings (SSSR count). The smallest absolute Gasteiger partial charge is 0.253 e. The van der Waals surface area contributed by atoms with Gasteiger partial charge in [0.15, 0.2) is 0 Å². The molecule has 3 aliphatic heterocycles. The Balaban J connectivity index is 1.56. The Hall–Kier alpha value is -3.47. The molecule has 2 aromatic rings. The average molecular weight is 625 g/mol. The summed E-state index contributed by atoms with van der Waals surface area (Å²) in [5, 5.41) is 9.94. The predicted octanol–water partition coefficient (Wildman–Crippen LogP) is 3.17. The van der Waals surface area contributed by atoms with E-state index in [-0.39, 0.29) is 48.8 Å². The fraction of sp³-hybridized carbons (Fsp3) is 0.387. The number of likely N-dealkylation sites (tertiary alicyclic amines) is 1. The van der Waals surface area contributed by atoms with Crippen molar-refractivity contribution in [2.75, 3.05) is 43.2 Å². The van der Waals surface area contributed by atoms with Crippen LogP contribution in [0, 0.1) is 11.8 Å². The average Bonchev–Trinajstić information content (AvgIpc) is 3.58. The van der Waals surface area contributed by atoms with Crippen LogP contribution < -0.4 is 14.5 Å². The molecule has 3 saturated heterocycles. The molecule has 6 atom stereocenters. The van der Waals surface area contributed by atoms with Gasteiger partial charge in [-0.15, -0.1) is 13.2 Å². The number of hydrogen-bond donors (Lipinski definition) is 1. The number of amides is 3. The number of nitrogens with zero attached hydrogens (tertiary/aromatic N) is 3. The number of benzene rings is 2. The lowest BCUT2D eigenvalue weighted by molar-refractivity contribution is -0.141. The van der Waals surface area contributed by atoms with Gasteiger partial charge >= 0.3 is 0 Å². The van der Waals surface area contributed by atoms with E-state index in [0.717, 1.165) is 0 Å². The fourth-order valence-corrected chi connectivity index (χ4v) is 7.58. The van der Waals surface area contributed by atoms with E-state index in [1.807, 2.05) is 30.3 Å². The molecule has 1 spiro atoms. The molecule has 3 heterocycles. The minimum absolute atomic E-state index is 0.0605.